The van der Waals surface area contributed by atoms with Crippen molar-refractivity contribution in [3.63, 3.8) is 0 Å². The van der Waals surface area contributed by atoms with Crippen molar-refractivity contribution in [2.75, 3.05) is 20.8 Å². The van der Waals surface area contributed by atoms with Gasteiger partial charge in [0.1, 0.15) is 18.1 Å². The Morgan fingerprint density at radius 2 is 2.06 bits per heavy atom. The molecule has 0 unspecified atom stereocenters. The molecule has 0 saturated heterocycles. The molecule has 0 aliphatic carbocycles. The second kappa shape index (κ2) is 5.89. The van der Waals surface area contributed by atoms with Crippen LogP contribution < -0.4 is 14.8 Å². The first-order chi connectivity index (χ1) is 7.96. The smallest absolute Gasteiger partial charge is 0.124 e. The summed E-state index contributed by atoms with van der Waals surface area (Å²) in [5, 5.41) is 12.7. The monoisotopic (exact) mass is 239 g/mol. The predicted octanol–water partition coefficient (Wildman–Crippen LogP) is 1.56. The van der Waals surface area contributed by atoms with Crippen molar-refractivity contribution < 1.29 is 14.6 Å². The van der Waals surface area contributed by atoms with E-state index in [2.05, 4.69) is 5.32 Å². The second-order valence-electron chi connectivity index (χ2n) is 4.61. The highest BCUT2D eigenvalue weighted by atomic mass is 16.5. The molecule has 96 valence electrons. The zero-order valence-corrected chi connectivity index (χ0v) is 10.9. The van der Waals surface area contributed by atoms with E-state index < -0.39 is 5.60 Å². The summed E-state index contributed by atoms with van der Waals surface area (Å²) in [7, 11) is 3.51. The van der Waals surface area contributed by atoms with Crippen LogP contribution in [0.3, 0.4) is 0 Å². The minimum absolute atomic E-state index is 0.260. The Labute approximate surface area is 103 Å². The fourth-order valence-electron chi connectivity index (χ4n) is 1.41. The Kier molecular flexibility index (Phi) is 4.78. The first kappa shape index (κ1) is 13.8. The molecule has 0 aromatic heterocycles. The molecule has 0 aliphatic heterocycles. The predicted molar refractivity (Wildman–Crippen MR) is 67.6 cm³/mol. The molecule has 0 radical (unpaired) electrons. The quantitative estimate of drug-likeness (QED) is 0.791. The molecule has 0 spiro atoms. The van der Waals surface area contributed by atoms with Crippen molar-refractivity contribution in [1.29, 1.82) is 0 Å². The van der Waals surface area contributed by atoms with Crippen molar-refractivity contribution in [2.45, 2.75) is 26.0 Å². The average molecular weight is 239 g/mol. The van der Waals surface area contributed by atoms with Gasteiger partial charge < -0.3 is 19.9 Å². The fraction of sp³-hybridized carbons (Fsp3) is 0.538. The Hall–Kier alpha value is -1.26. The normalized spacial score (nSPS) is 11.4. The van der Waals surface area contributed by atoms with Gasteiger partial charge in [-0.25, -0.2) is 0 Å². The minimum atomic E-state index is -0.836. The number of benzene rings is 1. The van der Waals surface area contributed by atoms with E-state index in [0.717, 1.165) is 17.1 Å². The van der Waals surface area contributed by atoms with E-state index in [9.17, 15) is 5.11 Å². The van der Waals surface area contributed by atoms with Gasteiger partial charge in [-0.3, -0.25) is 0 Å². The maximum atomic E-state index is 9.64. The van der Waals surface area contributed by atoms with Gasteiger partial charge in [-0.2, -0.15) is 0 Å². The zero-order valence-electron chi connectivity index (χ0n) is 10.9. The average Bonchev–Trinajstić information content (AvgIpc) is 2.26. The summed E-state index contributed by atoms with van der Waals surface area (Å²) >= 11 is 0. The van der Waals surface area contributed by atoms with Gasteiger partial charge >= 0.3 is 0 Å². The van der Waals surface area contributed by atoms with E-state index in [-0.39, 0.29) is 6.61 Å². The topological polar surface area (TPSA) is 50.7 Å². The van der Waals surface area contributed by atoms with Crippen molar-refractivity contribution in [1.82, 2.24) is 5.32 Å². The van der Waals surface area contributed by atoms with Crippen LogP contribution in [0.15, 0.2) is 18.2 Å². The van der Waals surface area contributed by atoms with Crippen molar-refractivity contribution in [2.24, 2.45) is 0 Å². The summed E-state index contributed by atoms with van der Waals surface area (Å²) < 4.78 is 10.8. The third kappa shape index (κ3) is 4.63. The maximum Gasteiger partial charge on any atom is 0.124 e. The van der Waals surface area contributed by atoms with Crippen LogP contribution in [0.1, 0.15) is 19.4 Å². The van der Waals surface area contributed by atoms with Gasteiger partial charge in [0.2, 0.25) is 0 Å². The van der Waals surface area contributed by atoms with Gasteiger partial charge in [0.25, 0.3) is 0 Å². The number of aliphatic hydroxyl groups is 1. The summed E-state index contributed by atoms with van der Waals surface area (Å²) in [4.78, 5) is 0. The molecule has 2 N–H and O–H groups in total. The van der Waals surface area contributed by atoms with Gasteiger partial charge in [-0.05, 0) is 39.1 Å². The SMILES string of the molecule is CNCc1cc(OC)ccc1OCC(C)(C)O. The fourth-order valence-corrected chi connectivity index (χ4v) is 1.41. The Balaban J connectivity index is 2.82. The van der Waals surface area contributed by atoms with Gasteiger partial charge in [-0.1, -0.05) is 0 Å². The molecule has 4 heteroatoms. The lowest BCUT2D eigenvalue weighted by atomic mass is 10.1. The van der Waals surface area contributed by atoms with Crippen molar-refractivity contribution >= 4 is 0 Å². The number of hydrogen-bond donors (Lipinski definition) is 2. The van der Waals surface area contributed by atoms with E-state index in [1.54, 1.807) is 21.0 Å². The van der Waals surface area contributed by atoms with Gasteiger partial charge in [0.05, 0.1) is 12.7 Å². The third-order valence-electron chi connectivity index (χ3n) is 2.22. The summed E-state index contributed by atoms with van der Waals surface area (Å²) in [5.41, 5.74) is 0.174. The van der Waals surface area contributed by atoms with Gasteiger partial charge in [0.15, 0.2) is 0 Å². The largest absolute Gasteiger partial charge is 0.497 e. The van der Waals surface area contributed by atoms with E-state index >= 15 is 0 Å². The highest BCUT2D eigenvalue weighted by Crippen LogP contribution is 2.24. The maximum absolute atomic E-state index is 9.64. The molecule has 0 bridgehead atoms. The van der Waals surface area contributed by atoms with Crippen LogP contribution in [0.4, 0.5) is 0 Å². The van der Waals surface area contributed by atoms with E-state index in [4.69, 9.17) is 9.47 Å². The van der Waals surface area contributed by atoms with Crippen LogP contribution in [0.5, 0.6) is 11.5 Å². The van der Waals surface area contributed by atoms with Crippen LogP contribution >= 0.6 is 0 Å². The molecule has 1 aromatic rings. The summed E-state index contributed by atoms with van der Waals surface area (Å²) in [5.74, 6) is 1.56. The number of ether oxygens (including phenoxy) is 2. The molecule has 0 heterocycles. The second-order valence-corrected chi connectivity index (χ2v) is 4.61. The molecule has 0 saturated carbocycles. The molecule has 17 heavy (non-hydrogen) atoms. The molecule has 0 fully saturated rings. The molecular formula is C13H21NO3. The Morgan fingerprint density at radius 1 is 1.35 bits per heavy atom. The molecule has 0 atom stereocenters. The zero-order chi connectivity index (χ0) is 12.9. The van der Waals surface area contributed by atoms with Crippen LogP contribution in [0.25, 0.3) is 0 Å². The molecule has 1 rings (SSSR count). The summed E-state index contributed by atoms with van der Waals surface area (Å²) in [6.45, 7) is 4.39. The highest BCUT2D eigenvalue weighted by Gasteiger charge is 2.14. The standard InChI is InChI=1S/C13H21NO3/c1-13(2,15)9-17-12-6-5-11(16-4)7-10(12)8-14-3/h5-7,14-15H,8-9H2,1-4H3. The highest BCUT2D eigenvalue weighted by molar-refractivity contribution is 5.40. The molecule has 0 amide bonds. The number of hydrogen-bond acceptors (Lipinski definition) is 4. The summed E-state index contributed by atoms with van der Waals surface area (Å²) in [6.07, 6.45) is 0. The third-order valence-corrected chi connectivity index (χ3v) is 2.22. The van der Waals surface area contributed by atoms with Gasteiger partial charge in [-0.15, -0.1) is 0 Å². The van der Waals surface area contributed by atoms with E-state index in [1.165, 1.54) is 0 Å². The number of rotatable bonds is 6. The number of methoxy groups -OCH3 is 1. The van der Waals surface area contributed by atoms with Crippen LogP contribution in [-0.4, -0.2) is 31.5 Å². The lowest BCUT2D eigenvalue weighted by Gasteiger charge is -2.19. The number of nitrogens with one attached hydrogen (secondary N) is 1. The molecule has 1 aromatic carbocycles. The Bertz CT molecular complexity index is 358. The molecular weight excluding hydrogens is 218 g/mol. The Morgan fingerprint density at radius 3 is 2.59 bits per heavy atom. The first-order valence-electron chi connectivity index (χ1n) is 5.63. The lowest BCUT2D eigenvalue weighted by molar-refractivity contribution is 0.0281. The van der Waals surface area contributed by atoms with Crippen LogP contribution in [-0.2, 0) is 6.54 Å². The molecule has 0 aliphatic rings. The van der Waals surface area contributed by atoms with Crippen LogP contribution in [0.2, 0.25) is 0 Å². The first-order valence-corrected chi connectivity index (χ1v) is 5.63. The van der Waals surface area contributed by atoms with E-state index in [1.807, 2.05) is 25.2 Å². The molecule has 4 nitrogen and oxygen atoms in total. The van der Waals surface area contributed by atoms with Gasteiger partial charge in [0, 0.05) is 12.1 Å². The van der Waals surface area contributed by atoms with Crippen molar-refractivity contribution in [3.05, 3.63) is 23.8 Å². The van der Waals surface area contributed by atoms with E-state index in [0.29, 0.717) is 6.54 Å². The van der Waals surface area contributed by atoms with Crippen molar-refractivity contribution in [3.8, 4) is 11.5 Å². The minimum Gasteiger partial charge on any atom is -0.497 e. The summed E-state index contributed by atoms with van der Waals surface area (Å²) in [6, 6.07) is 5.63. The lowest BCUT2D eigenvalue weighted by Crippen LogP contribution is -2.28. The van der Waals surface area contributed by atoms with Crippen LogP contribution in [0, 0.1) is 0 Å².